The van der Waals surface area contributed by atoms with Crippen molar-refractivity contribution in [2.45, 2.75) is 24.8 Å². The molecule has 0 bridgehead atoms. The minimum absolute atomic E-state index is 0.178. The van der Waals surface area contributed by atoms with Crippen molar-refractivity contribution in [2.75, 3.05) is 5.32 Å². The maximum Gasteiger partial charge on any atom is 0.244 e. The van der Waals surface area contributed by atoms with Crippen LogP contribution in [0.15, 0.2) is 18.2 Å². The molecule has 3 nitrogen and oxygen atoms in total. The van der Waals surface area contributed by atoms with Gasteiger partial charge in [0.25, 0.3) is 0 Å². The van der Waals surface area contributed by atoms with Gasteiger partial charge in [-0.1, -0.05) is 0 Å². The SMILES string of the molecule is NC1(C(=O)Nc2ccc(F)cc2I)CCC1. The van der Waals surface area contributed by atoms with Crippen LogP contribution in [0.4, 0.5) is 10.1 Å². The highest BCUT2D eigenvalue weighted by Crippen LogP contribution is 2.31. The van der Waals surface area contributed by atoms with Crippen LogP contribution in [-0.4, -0.2) is 11.4 Å². The molecule has 1 aliphatic carbocycles. The van der Waals surface area contributed by atoms with E-state index in [9.17, 15) is 9.18 Å². The fraction of sp³-hybridized carbons (Fsp3) is 0.364. The zero-order valence-electron chi connectivity index (χ0n) is 8.59. The van der Waals surface area contributed by atoms with Crippen molar-refractivity contribution in [1.82, 2.24) is 0 Å². The molecule has 2 rings (SSSR count). The van der Waals surface area contributed by atoms with Crippen LogP contribution in [0.5, 0.6) is 0 Å². The molecule has 0 aromatic heterocycles. The second-order valence-electron chi connectivity index (χ2n) is 4.09. The van der Waals surface area contributed by atoms with Gasteiger partial charge in [0.15, 0.2) is 0 Å². The summed E-state index contributed by atoms with van der Waals surface area (Å²) in [6, 6.07) is 4.25. The fourth-order valence-corrected chi connectivity index (χ4v) is 2.23. The summed E-state index contributed by atoms with van der Waals surface area (Å²) in [5.41, 5.74) is 5.78. The Bertz CT molecular complexity index is 432. The van der Waals surface area contributed by atoms with Gasteiger partial charge in [-0.15, -0.1) is 0 Å². The number of nitrogens with two attached hydrogens (primary N) is 1. The summed E-state index contributed by atoms with van der Waals surface area (Å²) in [6.07, 6.45) is 2.43. The maximum absolute atomic E-state index is 12.9. The first-order valence-electron chi connectivity index (χ1n) is 5.07. The first-order valence-corrected chi connectivity index (χ1v) is 6.14. The second-order valence-corrected chi connectivity index (χ2v) is 5.25. The zero-order valence-corrected chi connectivity index (χ0v) is 10.8. The van der Waals surface area contributed by atoms with Gasteiger partial charge in [0, 0.05) is 3.57 Å². The number of benzene rings is 1. The van der Waals surface area contributed by atoms with Crippen LogP contribution in [0.1, 0.15) is 19.3 Å². The Kier molecular flexibility index (Phi) is 3.16. The molecule has 1 saturated carbocycles. The van der Waals surface area contributed by atoms with Gasteiger partial charge in [-0.05, 0) is 60.1 Å². The minimum Gasteiger partial charge on any atom is -0.324 e. The normalized spacial score (nSPS) is 17.7. The van der Waals surface area contributed by atoms with Crippen molar-refractivity contribution in [3.63, 3.8) is 0 Å². The van der Waals surface area contributed by atoms with Gasteiger partial charge in [0.2, 0.25) is 5.91 Å². The van der Waals surface area contributed by atoms with Crippen molar-refractivity contribution in [2.24, 2.45) is 5.73 Å². The molecule has 1 amide bonds. The van der Waals surface area contributed by atoms with Gasteiger partial charge in [-0.25, -0.2) is 4.39 Å². The lowest BCUT2D eigenvalue weighted by molar-refractivity contribution is -0.123. The Morgan fingerprint density at radius 3 is 2.69 bits per heavy atom. The van der Waals surface area contributed by atoms with Crippen LogP contribution in [0.25, 0.3) is 0 Å². The summed E-state index contributed by atoms with van der Waals surface area (Å²) < 4.78 is 13.5. The summed E-state index contributed by atoms with van der Waals surface area (Å²) in [4.78, 5) is 11.8. The molecule has 86 valence electrons. The third-order valence-electron chi connectivity index (χ3n) is 2.88. The van der Waals surface area contributed by atoms with Crippen LogP contribution in [0.2, 0.25) is 0 Å². The predicted molar refractivity (Wildman–Crippen MR) is 68.5 cm³/mol. The number of carbonyl (C=O) groups is 1. The van der Waals surface area contributed by atoms with Crippen molar-refractivity contribution < 1.29 is 9.18 Å². The molecule has 1 aromatic rings. The molecule has 1 aromatic carbocycles. The predicted octanol–water partition coefficient (Wildman–Crippen LogP) is 2.25. The maximum atomic E-state index is 12.9. The van der Waals surface area contributed by atoms with E-state index < -0.39 is 5.54 Å². The van der Waals surface area contributed by atoms with Gasteiger partial charge in [-0.2, -0.15) is 0 Å². The van der Waals surface area contributed by atoms with Crippen molar-refractivity contribution in [3.05, 3.63) is 27.6 Å². The topological polar surface area (TPSA) is 55.1 Å². The van der Waals surface area contributed by atoms with Gasteiger partial charge in [0.05, 0.1) is 11.2 Å². The Morgan fingerprint density at radius 2 is 2.19 bits per heavy atom. The van der Waals surface area contributed by atoms with Crippen LogP contribution in [0, 0.1) is 9.39 Å². The third-order valence-corrected chi connectivity index (χ3v) is 3.77. The van der Waals surface area contributed by atoms with Gasteiger partial charge < -0.3 is 11.1 Å². The third kappa shape index (κ3) is 2.20. The largest absolute Gasteiger partial charge is 0.324 e. The minimum atomic E-state index is -0.725. The summed E-state index contributed by atoms with van der Waals surface area (Å²) in [5, 5.41) is 2.74. The first-order chi connectivity index (χ1) is 7.51. The van der Waals surface area contributed by atoms with Gasteiger partial charge in [-0.3, -0.25) is 4.79 Å². The summed E-state index contributed by atoms with van der Waals surface area (Å²) >= 11 is 1.98. The number of hydrogen-bond donors (Lipinski definition) is 2. The molecule has 5 heteroatoms. The summed E-state index contributed by atoms with van der Waals surface area (Å²) in [5.74, 6) is -0.489. The molecular formula is C11H12FIN2O. The zero-order chi connectivity index (χ0) is 11.8. The van der Waals surface area contributed by atoms with E-state index >= 15 is 0 Å². The van der Waals surface area contributed by atoms with Crippen molar-refractivity contribution >= 4 is 34.2 Å². The van der Waals surface area contributed by atoms with E-state index in [4.69, 9.17) is 5.73 Å². The molecule has 0 radical (unpaired) electrons. The Hall–Kier alpha value is -0.690. The van der Waals surface area contributed by atoms with Crippen LogP contribution in [-0.2, 0) is 4.79 Å². The highest BCUT2D eigenvalue weighted by atomic mass is 127. The number of rotatable bonds is 2. The van der Waals surface area contributed by atoms with E-state index in [-0.39, 0.29) is 11.7 Å². The molecule has 0 saturated heterocycles. The lowest BCUT2D eigenvalue weighted by Gasteiger charge is -2.36. The highest BCUT2D eigenvalue weighted by Gasteiger charge is 2.40. The van der Waals surface area contributed by atoms with Crippen LogP contribution < -0.4 is 11.1 Å². The first kappa shape index (κ1) is 11.8. The average molecular weight is 334 g/mol. The molecule has 1 aliphatic rings. The van der Waals surface area contributed by atoms with E-state index in [0.29, 0.717) is 9.26 Å². The molecular weight excluding hydrogens is 322 g/mol. The number of carbonyl (C=O) groups excluding carboxylic acids is 1. The van der Waals surface area contributed by atoms with E-state index in [1.807, 2.05) is 22.6 Å². The van der Waals surface area contributed by atoms with E-state index in [2.05, 4.69) is 5.32 Å². The number of amides is 1. The second kappa shape index (κ2) is 4.29. The smallest absolute Gasteiger partial charge is 0.244 e. The quantitative estimate of drug-likeness (QED) is 0.815. The van der Waals surface area contributed by atoms with Crippen LogP contribution >= 0.6 is 22.6 Å². The average Bonchev–Trinajstić information content (AvgIpc) is 2.18. The van der Waals surface area contributed by atoms with Gasteiger partial charge >= 0.3 is 0 Å². The molecule has 3 N–H and O–H groups in total. The Balaban J connectivity index is 2.12. The molecule has 0 unspecified atom stereocenters. The lowest BCUT2D eigenvalue weighted by Crippen LogP contribution is -2.56. The molecule has 0 atom stereocenters. The number of nitrogens with one attached hydrogen (secondary N) is 1. The van der Waals surface area contributed by atoms with Gasteiger partial charge in [0.1, 0.15) is 5.82 Å². The Morgan fingerprint density at radius 1 is 1.50 bits per heavy atom. The number of halogens is 2. The molecule has 16 heavy (non-hydrogen) atoms. The molecule has 0 heterocycles. The molecule has 1 fully saturated rings. The number of hydrogen-bond acceptors (Lipinski definition) is 2. The molecule has 0 aliphatic heterocycles. The van der Waals surface area contributed by atoms with E-state index in [1.165, 1.54) is 12.1 Å². The van der Waals surface area contributed by atoms with E-state index in [0.717, 1.165) is 19.3 Å². The van der Waals surface area contributed by atoms with Crippen LogP contribution in [0.3, 0.4) is 0 Å². The van der Waals surface area contributed by atoms with Crippen molar-refractivity contribution in [1.29, 1.82) is 0 Å². The fourth-order valence-electron chi connectivity index (χ4n) is 1.62. The number of anilines is 1. The van der Waals surface area contributed by atoms with E-state index in [1.54, 1.807) is 6.07 Å². The monoisotopic (exact) mass is 334 g/mol. The molecule has 0 spiro atoms. The standard InChI is InChI=1S/C11H12FIN2O/c12-7-2-3-9(8(13)6-7)15-10(16)11(14)4-1-5-11/h2-3,6H,1,4-5,14H2,(H,15,16). The Labute approximate surface area is 107 Å². The summed E-state index contributed by atoms with van der Waals surface area (Å²) in [6.45, 7) is 0. The van der Waals surface area contributed by atoms with Crippen molar-refractivity contribution in [3.8, 4) is 0 Å². The lowest BCUT2D eigenvalue weighted by atomic mass is 9.77. The highest BCUT2D eigenvalue weighted by molar-refractivity contribution is 14.1. The summed E-state index contributed by atoms with van der Waals surface area (Å²) in [7, 11) is 0.